The van der Waals surface area contributed by atoms with Gasteiger partial charge in [0.2, 0.25) is 0 Å². The van der Waals surface area contributed by atoms with Gasteiger partial charge < -0.3 is 5.11 Å². The molecule has 1 aliphatic rings. The number of rotatable bonds is 8. The molecule has 6 rings (SSSR count). The van der Waals surface area contributed by atoms with Crippen molar-refractivity contribution in [1.82, 2.24) is 4.98 Å². The molecular weight excluding hydrogens is 927 g/mol. The standard InChI is InChI=1S/C36H38GeNSi.C13H24O2.Ir/c1-36(2,3)32-22-27(21-26-11-9-10-12-29(26)32)35-34-31(19-20-38-35)30-18-15-25(23-33(30)37(34,4)5)24-13-16-28(17-14-24)39(6,7)8;1-7-12(3,4)10(14)9-11(15)13(5,6)8-2;/h9-20,22-23H,1-8H3;9,14H,7-8H2,1-6H3;/q-1;;/b;10-9-;. The molecule has 3 nitrogen and oxygen atoms in total. The van der Waals surface area contributed by atoms with E-state index in [9.17, 15) is 9.90 Å². The summed E-state index contributed by atoms with van der Waals surface area (Å²) in [5.41, 5.74) is 8.37. The van der Waals surface area contributed by atoms with E-state index in [1.807, 2.05) is 47.7 Å². The van der Waals surface area contributed by atoms with Gasteiger partial charge in [-0.2, -0.15) is 0 Å². The summed E-state index contributed by atoms with van der Waals surface area (Å²) >= 11 is -2.67. The maximum atomic E-state index is 11.8. The fourth-order valence-corrected chi connectivity index (χ4v) is 15.4. The number of ketones is 1. The Morgan fingerprint density at radius 2 is 1.40 bits per heavy atom. The van der Waals surface area contributed by atoms with Gasteiger partial charge in [0, 0.05) is 37.0 Å². The minimum atomic E-state index is -2.67. The summed E-state index contributed by atoms with van der Waals surface area (Å²) in [6.07, 6.45) is 4.99. The average Bonchev–Trinajstić information content (AvgIpc) is 3.36. The molecule has 1 aromatic heterocycles. The topological polar surface area (TPSA) is 50.2 Å². The fourth-order valence-electron chi connectivity index (χ4n) is 7.14. The van der Waals surface area contributed by atoms with Crippen LogP contribution in [0.4, 0.5) is 0 Å². The first-order chi connectivity index (χ1) is 25.0. The molecule has 0 amide bonds. The zero-order valence-corrected chi connectivity index (χ0v) is 41.2. The smallest absolute Gasteiger partial charge is 0.164 e. The van der Waals surface area contributed by atoms with E-state index in [-0.39, 0.29) is 47.9 Å². The van der Waals surface area contributed by atoms with Crippen molar-refractivity contribution in [3.8, 4) is 33.5 Å². The predicted octanol–water partition coefficient (Wildman–Crippen LogP) is 11.9. The SMILES string of the molecule is CC(C)(C)c1cc(-c2nccc3[c]2[Ge]([CH3])([CH3])[c]2cc(-c4ccc([Si](C)(C)C)cc4)ccc2-3)[c-]c2ccccc12.CCC(C)(C)C(=O)/C=C(\O)C(C)(C)CC.[Ir]. The minimum absolute atomic E-state index is 0. The Kier molecular flexibility index (Phi) is 13.3. The van der Waals surface area contributed by atoms with Gasteiger partial charge in [-0.1, -0.05) is 41.5 Å². The first-order valence-corrected chi connectivity index (χ1v) is 29.5. The second-order valence-corrected chi connectivity index (χ2v) is 33.1. The molecule has 5 aromatic rings. The molecule has 0 spiro atoms. The first kappa shape index (κ1) is 44.6. The van der Waals surface area contributed by atoms with E-state index in [0.29, 0.717) is 0 Å². The van der Waals surface area contributed by atoms with Crippen LogP contribution >= 0.6 is 0 Å². The van der Waals surface area contributed by atoms with Crippen molar-refractivity contribution in [2.24, 2.45) is 10.8 Å². The van der Waals surface area contributed by atoms with Crippen LogP contribution < -0.4 is 14.0 Å². The summed E-state index contributed by atoms with van der Waals surface area (Å²) < 4.78 is 3.05. The molecule has 1 aliphatic heterocycles. The molecular formula is C49H62GeIrNO2Si-. The summed E-state index contributed by atoms with van der Waals surface area (Å²) in [6, 6.07) is 33.6. The maximum Gasteiger partial charge on any atom is 0.164 e. The van der Waals surface area contributed by atoms with Crippen molar-refractivity contribution in [2.45, 2.75) is 112 Å². The van der Waals surface area contributed by atoms with Crippen LogP contribution in [0.25, 0.3) is 44.3 Å². The third-order valence-electron chi connectivity index (χ3n) is 11.9. The first-order valence-electron chi connectivity index (χ1n) is 19.7. The molecule has 293 valence electrons. The molecule has 0 saturated heterocycles. The second kappa shape index (κ2) is 16.4. The zero-order valence-electron chi connectivity index (χ0n) is 35.7. The number of aliphatic hydroxyl groups excluding tert-OH is 1. The molecule has 0 fully saturated rings. The summed E-state index contributed by atoms with van der Waals surface area (Å²) in [7, 11) is -1.31. The number of pyridine rings is 1. The molecule has 2 heterocycles. The van der Waals surface area contributed by atoms with Gasteiger partial charge in [0.1, 0.15) is 5.76 Å². The molecule has 0 unspecified atom stereocenters. The number of allylic oxidation sites excluding steroid dienone is 2. The van der Waals surface area contributed by atoms with Crippen molar-refractivity contribution >= 4 is 51.9 Å². The van der Waals surface area contributed by atoms with E-state index in [4.69, 9.17) is 4.98 Å². The van der Waals surface area contributed by atoms with Crippen molar-refractivity contribution in [2.75, 3.05) is 0 Å². The van der Waals surface area contributed by atoms with E-state index >= 15 is 0 Å². The van der Waals surface area contributed by atoms with Crippen molar-refractivity contribution in [3.05, 3.63) is 109 Å². The van der Waals surface area contributed by atoms with Gasteiger partial charge in [0.25, 0.3) is 0 Å². The average molecular weight is 990 g/mol. The molecule has 6 heteroatoms. The Morgan fingerprint density at radius 3 is 1.98 bits per heavy atom. The number of nitrogens with zero attached hydrogens (tertiary/aromatic N) is 1. The van der Waals surface area contributed by atoms with Gasteiger partial charge in [0.05, 0.1) is 0 Å². The number of fused-ring (bicyclic) bond motifs is 4. The van der Waals surface area contributed by atoms with E-state index in [1.165, 1.54) is 54.2 Å². The van der Waals surface area contributed by atoms with Gasteiger partial charge in [0.15, 0.2) is 5.78 Å². The van der Waals surface area contributed by atoms with Crippen molar-refractivity contribution in [1.29, 1.82) is 0 Å². The van der Waals surface area contributed by atoms with Gasteiger partial charge in [-0.05, 0) is 12.8 Å². The summed E-state index contributed by atoms with van der Waals surface area (Å²) in [4.78, 5) is 16.9. The van der Waals surface area contributed by atoms with Crippen LogP contribution in [0.1, 0.15) is 80.7 Å². The Balaban J connectivity index is 0.000000360. The molecule has 55 heavy (non-hydrogen) atoms. The van der Waals surface area contributed by atoms with E-state index in [1.54, 1.807) is 4.40 Å². The van der Waals surface area contributed by atoms with Gasteiger partial charge in [-0.25, -0.2) is 0 Å². The van der Waals surface area contributed by atoms with E-state index < -0.39 is 21.3 Å². The Labute approximate surface area is 349 Å². The third kappa shape index (κ3) is 9.22. The zero-order chi connectivity index (χ0) is 40.0. The third-order valence-corrected chi connectivity index (χ3v) is 21.3. The Hall–Kier alpha value is -3.09. The van der Waals surface area contributed by atoms with Crippen LogP contribution in [0.2, 0.25) is 31.2 Å². The molecule has 1 N–H and O–H groups in total. The number of hydrogen-bond acceptors (Lipinski definition) is 3. The molecule has 4 aromatic carbocycles. The predicted molar refractivity (Wildman–Crippen MR) is 239 cm³/mol. The molecule has 1 radical (unpaired) electrons. The van der Waals surface area contributed by atoms with Gasteiger partial charge in [-0.15, -0.1) is 0 Å². The maximum absolute atomic E-state index is 11.8. The van der Waals surface area contributed by atoms with Gasteiger partial charge >= 0.3 is 239 Å². The second-order valence-electron chi connectivity index (χ2n) is 19.1. The van der Waals surface area contributed by atoms with Gasteiger partial charge in [-0.3, -0.25) is 4.79 Å². The summed E-state index contributed by atoms with van der Waals surface area (Å²) in [5, 5.41) is 13.8. The molecule has 0 bridgehead atoms. The quantitative estimate of drug-likeness (QED) is 0.0729. The van der Waals surface area contributed by atoms with E-state index in [0.717, 1.165) is 24.1 Å². The Morgan fingerprint density at radius 1 is 0.800 bits per heavy atom. The monoisotopic (exact) mass is 991 g/mol. The summed E-state index contributed by atoms with van der Waals surface area (Å²) in [6.45, 7) is 25.8. The summed E-state index contributed by atoms with van der Waals surface area (Å²) in [5.74, 6) is 5.28. The van der Waals surface area contributed by atoms with Crippen LogP contribution in [-0.2, 0) is 30.3 Å². The number of aromatic nitrogens is 1. The van der Waals surface area contributed by atoms with Crippen LogP contribution in [0.15, 0.2) is 96.9 Å². The largest absolute Gasteiger partial charge is 0.512 e. The number of hydrogen-bond donors (Lipinski definition) is 1. The van der Waals surface area contributed by atoms with Crippen LogP contribution in [0, 0.1) is 16.9 Å². The number of carbonyl (C=O) groups excluding carboxylic acids is 1. The normalized spacial score (nSPS) is 14.0. The molecule has 0 aliphatic carbocycles. The Bertz CT molecular complexity index is 2220. The van der Waals surface area contributed by atoms with Crippen LogP contribution in [-0.4, -0.2) is 37.2 Å². The number of aliphatic hydroxyl groups is 1. The van der Waals surface area contributed by atoms with Crippen LogP contribution in [0.3, 0.4) is 0 Å². The fraction of sp³-hybridized carbons (Fsp3) is 0.388. The van der Waals surface area contributed by atoms with Crippen LogP contribution in [0.5, 0.6) is 0 Å². The number of carbonyl (C=O) groups is 1. The molecule has 0 saturated carbocycles. The van der Waals surface area contributed by atoms with E-state index in [2.05, 4.69) is 137 Å². The minimum Gasteiger partial charge on any atom is -0.512 e. The van der Waals surface area contributed by atoms with Crippen molar-refractivity contribution < 1.29 is 30.0 Å². The number of benzene rings is 4. The molecule has 0 atom stereocenters. The van der Waals surface area contributed by atoms with Crippen molar-refractivity contribution in [3.63, 3.8) is 0 Å².